The second-order valence-electron chi connectivity index (χ2n) is 6.27. The molecule has 0 atom stereocenters. The summed E-state index contributed by atoms with van der Waals surface area (Å²) in [6, 6.07) is 19.7. The normalized spacial score (nSPS) is 11.1. The molecular formula is C22H18O3. The van der Waals surface area contributed by atoms with Crippen molar-refractivity contribution < 1.29 is 9.15 Å². The largest absolute Gasteiger partial charge is 0.488 e. The Balaban J connectivity index is 1.76. The van der Waals surface area contributed by atoms with Gasteiger partial charge in [-0.3, -0.25) is 0 Å². The maximum absolute atomic E-state index is 12.3. The first kappa shape index (κ1) is 15.5. The van der Waals surface area contributed by atoms with E-state index in [0.29, 0.717) is 17.6 Å². The highest BCUT2D eigenvalue weighted by Crippen LogP contribution is 2.31. The lowest BCUT2D eigenvalue weighted by Gasteiger charge is -2.12. The molecular weight excluding hydrogens is 312 g/mol. The second kappa shape index (κ2) is 6.10. The van der Waals surface area contributed by atoms with E-state index in [-0.39, 0.29) is 5.63 Å². The van der Waals surface area contributed by atoms with Crippen LogP contribution < -0.4 is 10.4 Å². The van der Waals surface area contributed by atoms with Crippen molar-refractivity contribution in [2.75, 3.05) is 0 Å². The molecule has 0 saturated carbocycles. The number of benzene rings is 3. The van der Waals surface area contributed by atoms with Crippen LogP contribution in [0.4, 0.5) is 0 Å². The molecule has 0 unspecified atom stereocenters. The fourth-order valence-corrected chi connectivity index (χ4v) is 3.06. The van der Waals surface area contributed by atoms with Crippen molar-refractivity contribution in [2.45, 2.75) is 20.5 Å². The second-order valence-corrected chi connectivity index (χ2v) is 6.27. The van der Waals surface area contributed by atoms with Crippen molar-refractivity contribution in [1.29, 1.82) is 0 Å². The van der Waals surface area contributed by atoms with Gasteiger partial charge in [-0.2, -0.15) is 0 Å². The highest BCUT2D eigenvalue weighted by molar-refractivity contribution is 6.05. The molecule has 0 spiro atoms. The minimum absolute atomic E-state index is 0.318. The Morgan fingerprint density at radius 2 is 1.56 bits per heavy atom. The van der Waals surface area contributed by atoms with Crippen LogP contribution in [0.15, 0.2) is 69.9 Å². The molecule has 3 heteroatoms. The molecule has 0 aliphatic heterocycles. The Morgan fingerprint density at radius 1 is 0.840 bits per heavy atom. The summed E-state index contributed by atoms with van der Waals surface area (Å²) in [6.07, 6.45) is 0. The van der Waals surface area contributed by atoms with Crippen molar-refractivity contribution in [3.63, 3.8) is 0 Å². The maximum Gasteiger partial charge on any atom is 0.344 e. The van der Waals surface area contributed by atoms with Crippen molar-refractivity contribution in [2.24, 2.45) is 0 Å². The van der Waals surface area contributed by atoms with Gasteiger partial charge in [0.2, 0.25) is 0 Å². The number of ether oxygens (including phenoxy) is 1. The molecule has 1 heterocycles. The zero-order valence-electron chi connectivity index (χ0n) is 14.2. The third kappa shape index (κ3) is 2.78. The Bertz CT molecular complexity index is 1120. The van der Waals surface area contributed by atoms with E-state index in [1.165, 1.54) is 5.56 Å². The molecule has 3 nitrogen and oxygen atoms in total. The Hall–Kier alpha value is -3.07. The van der Waals surface area contributed by atoms with Gasteiger partial charge in [0.05, 0.1) is 5.39 Å². The molecule has 0 amide bonds. The summed E-state index contributed by atoms with van der Waals surface area (Å²) in [4.78, 5) is 12.3. The van der Waals surface area contributed by atoms with Gasteiger partial charge in [-0.15, -0.1) is 0 Å². The zero-order valence-corrected chi connectivity index (χ0v) is 14.2. The summed E-state index contributed by atoms with van der Waals surface area (Å²) in [5.41, 5.74) is 3.43. The molecule has 4 rings (SSSR count). The minimum atomic E-state index is -0.318. The van der Waals surface area contributed by atoms with Gasteiger partial charge in [-0.25, -0.2) is 4.79 Å². The summed E-state index contributed by atoms with van der Waals surface area (Å²) in [7, 11) is 0. The molecule has 4 aromatic rings. The van der Waals surface area contributed by atoms with Crippen LogP contribution >= 0.6 is 0 Å². The molecule has 0 aliphatic rings. The lowest BCUT2D eigenvalue weighted by atomic mass is 10.0. The highest BCUT2D eigenvalue weighted by Gasteiger charge is 2.12. The van der Waals surface area contributed by atoms with Gasteiger partial charge in [-0.1, -0.05) is 48.0 Å². The van der Waals surface area contributed by atoms with Crippen molar-refractivity contribution in [1.82, 2.24) is 0 Å². The topological polar surface area (TPSA) is 39.4 Å². The molecule has 3 aromatic carbocycles. The zero-order chi connectivity index (χ0) is 17.4. The average Bonchev–Trinajstić information content (AvgIpc) is 2.63. The fourth-order valence-electron chi connectivity index (χ4n) is 3.06. The molecule has 124 valence electrons. The summed E-state index contributed by atoms with van der Waals surface area (Å²) < 4.78 is 11.5. The Labute approximate surface area is 145 Å². The average molecular weight is 330 g/mol. The first-order valence-electron chi connectivity index (χ1n) is 8.27. The number of hydrogen-bond donors (Lipinski definition) is 0. The SMILES string of the molecule is Cc1ccc(COc2ccc3c(oc(=O)c4ccccc43)c2C)cc1. The van der Waals surface area contributed by atoms with Crippen molar-refractivity contribution >= 4 is 21.7 Å². The number of aryl methyl sites for hydroxylation is 2. The number of rotatable bonds is 3. The first-order valence-corrected chi connectivity index (χ1v) is 8.27. The van der Waals surface area contributed by atoms with Crippen molar-refractivity contribution in [3.8, 4) is 5.75 Å². The predicted molar refractivity (Wildman–Crippen MR) is 100 cm³/mol. The Kier molecular flexibility index (Phi) is 3.77. The van der Waals surface area contributed by atoms with Crippen LogP contribution in [-0.2, 0) is 6.61 Å². The monoisotopic (exact) mass is 330 g/mol. The molecule has 1 aromatic heterocycles. The van der Waals surface area contributed by atoms with E-state index in [9.17, 15) is 4.79 Å². The van der Waals surface area contributed by atoms with E-state index >= 15 is 0 Å². The van der Waals surface area contributed by atoms with Crippen LogP contribution in [0.1, 0.15) is 16.7 Å². The van der Waals surface area contributed by atoms with Gasteiger partial charge >= 0.3 is 5.63 Å². The molecule has 0 radical (unpaired) electrons. The van der Waals surface area contributed by atoms with E-state index in [2.05, 4.69) is 31.2 Å². The van der Waals surface area contributed by atoms with E-state index in [0.717, 1.165) is 27.6 Å². The Morgan fingerprint density at radius 3 is 2.32 bits per heavy atom. The fraction of sp³-hybridized carbons (Fsp3) is 0.136. The van der Waals surface area contributed by atoms with E-state index in [1.807, 2.05) is 37.3 Å². The van der Waals surface area contributed by atoms with Crippen molar-refractivity contribution in [3.05, 3.63) is 87.8 Å². The lowest BCUT2D eigenvalue weighted by Crippen LogP contribution is -2.02. The number of fused-ring (bicyclic) bond motifs is 3. The molecule has 0 aliphatic carbocycles. The van der Waals surface area contributed by atoms with Gasteiger partial charge in [0, 0.05) is 10.9 Å². The highest BCUT2D eigenvalue weighted by atomic mass is 16.5. The van der Waals surface area contributed by atoms with Gasteiger partial charge < -0.3 is 9.15 Å². The van der Waals surface area contributed by atoms with Crippen LogP contribution in [0.5, 0.6) is 5.75 Å². The van der Waals surface area contributed by atoms with Gasteiger partial charge in [-0.05, 0) is 43.0 Å². The first-order chi connectivity index (χ1) is 12.1. The molecule has 0 N–H and O–H groups in total. The number of hydrogen-bond acceptors (Lipinski definition) is 3. The molecule has 25 heavy (non-hydrogen) atoms. The quantitative estimate of drug-likeness (QED) is 0.385. The molecule has 0 bridgehead atoms. The molecule has 0 fully saturated rings. The maximum atomic E-state index is 12.3. The summed E-state index contributed by atoms with van der Waals surface area (Å²) in [5, 5.41) is 2.43. The lowest BCUT2D eigenvalue weighted by molar-refractivity contribution is 0.304. The third-order valence-electron chi connectivity index (χ3n) is 4.50. The summed E-state index contributed by atoms with van der Waals surface area (Å²) in [6.45, 7) is 4.46. The van der Waals surface area contributed by atoms with E-state index in [1.54, 1.807) is 6.07 Å². The van der Waals surface area contributed by atoms with Gasteiger partial charge in [0.1, 0.15) is 17.9 Å². The van der Waals surface area contributed by atoms with E-state index < -0.39 is 0 Å². The van der Waals surface area contributed by atoms with Crippen LogP contribution in [0.25, 0.3) is 21.7 Å². The van der Waals surface area contributed by atoms with Crippen LogP contribution in [0.2, 0.25) is 0 Å². The van der Waals surface area contributed by atoms with E-state index in [4.69, 9.17) is 9.15 Å². The summed E-state index contributed by atoms with van der Waals surface area (Å²) >= 11 is 0. The minimum Gasteiger partial charge on any atom is -0.488 e. The standard InChI is InChI=1S/C22H18O3/c1-14-7-9-16(10-8-14)13-24-20-12-11-18-17-5-3-4-6-19(17)22(23)25-21(18)15(20)2/h3-12H,13H2,1-2H3. The predicted octanol–water partition coefficient (Wildman–Crippen LogP) is 5.14. The third-order valence-corrected chi connectivity index (χ3v) is 4.50. The molecule has 0 saturated heterocycles. The van der Waals surface area contributed by atoms with Gasteiger partial charge in [0.15, 0.2) is 0 Å². The summed E-state index contributed by atoms with van der Waals surface area (Å²) in [5.74, 6) is 0.728. The van der Waals surface area contributed by atoms with Crippen LogP contribution in [0, 0.1) is 13.8 Å². The van der Waals surface area contributed by atoms with Gasteiger partial charge in [0.25, 0.3) is 0 Å². The van der Waals surface area contributed by atoms with Crippen LogP contribution in [0.3, 0.4) is 0 Å². The smallest absolute Gasteiger partial charge is 0.344 e. The van der Waals surface area contributed by atoms with Crippen LogP contribution in [-0.4, -0.2) is 0 Å².